The number of aliphatic hydroxyl groups excluding tert-OH is 1. The topological polar surface area (TPSA) is 238 Å². The fraction of sp³-hybridized carbons (Fsp3) is 0.611. The highest BCUT2D eigenvalue weighted by atomic mass is 31.2. The first-order valence-corrected chi connectivity index (χ1v) is 12.6. The molecule has 5 atom stereocenters. The number of nitro groups is 1. The Bertz CT molecular complexity index is 1320. The SMILES string of the molecule is CCOC(=O)[C@H](C)NP(=O)(OCc1cnc([N+](=O)[O-])n1C)OC[C@H]1O[C@@H](n2cnc(N)nc2=O)C(F)(F)C1O. The largest absolute Gasteiger partial charge is 0.465 e. The Morgan fingerprint density at radius 1 is 1.44 bits per heavy atom. The van der Waals surface area contributed by atoms with Gasteiger partial charge < -0.3 is 30.4 Å². The van der Waals surface area contributed by atoms with Gasteiger partial charge in [-0.2, -0.15) is 13.8 Å². The molecule has 0 aromatic carbocycles. The molecule has 3 rings (SSSR count). The van der Waals surface area contributed by atoms with Crippen LogP contribution in [0.4, 0.5) is 20.7 Å². The number of hydrogen-bond acceptors (Lipinski definition) is 14. The van der Waals surface area contributed by atoms with Crippen LogP contribution in [0, 0.1) is 10.1 Å². The summed E-state index contributed by atoms with van der Waals surface area (Å²) in [5, 5.41) is 23.5. The molecule has 1 fully saturated rings. The Labute approximate surface area is 217 Å². The van der Waals surface area contributed by atoms with Crippen LogP contribution in [0.2, 0.25) is 0 Å². The van der Waals surface area contributed by atoms with Crippen molar-refractivity contribution in [3.05, 3.63) is 38.8 Å². The second kappa shape index (κ2) is 11.8. The lowest BCUT2D eigenvalue weighted by Gasteiger charge is -2.24. The van der Waals surface area contributed by atoms with Crippen LogP contribution in [0.15, 0.2) is 17.3 Å². The fourth-order valence-corrected chi connectivity index (χ4v) is 4.80. The minimum atomic E-state index is -4.59. The van der Waals surface area contributed by atoms with Crippen LogP contribution in [-0.4, -0.2) is 77.5 Å². The lowest BCUT2D eigenvalue weighted by Crippen LogP contribution is -2.42. The van der Waals surface area contributed by atoms with Crippen LogP contribution in [0.1, 0.15) is 25.8 Å². The van der Waals surface area contributed by atoms with Crippen LogP contribution in [0.25, 0.3) is 0 Å². The number of nitrogens with two attached hydrogens (primary N) is 1. The number of nitrogen functional groups attached to an aromatic ring is 1. The van der Waals surface area contributed by atoms with Crippen LogP contribution < -0.4 is 16.5 Å². The maximum atomic E-state index is 14.8. The molecule has 3 heterocycles. The molecule has 1 aliphatic heterocycles. The Morgan fingerprint density at radius 3 is 2.72 bits per heavy atom. The highest BCUT2D eigenvalue weighted by Gasteiger charge is 2.60. The molecule has 1 aliphatic rings. The number of ether oxygens (including phenoxy) is 2. The van der Waals surface area contributed by atoms with E-state index in [2.05, 4.69) is 20.0 Å². The number of nitrogens with zero attached hydrogens (tertiary/aromatic N) is 6. The van der Waals surface area contributed by atoms with Gasteiger partial charge in [0.15, 0.2) is 6.10 Å². The third kappa shape index (κ3) is 6.60. The number of anilines is 1. The van der Waals surface area contributed by atoms with Crippen LogP contribution in [0.5, 0.6) is 0 Å². The zero-order valence-corrected chi connectivity index (χ0v) is 21.6. The van der Waals surface area contributed by atoms with E-state index in [1.807, 2.05) is 0 Å². The van der Waals surface area contributed by atoms with Crippen molar-refractivity contribution in [1.82, 2.24) is 29.2 Å². The molecule has 1 saturated heterocycles. The van der Waals surface area contributed by atoms with E-state index in [0.717, 1.165) is 10.8 Å². The summed E-state index contributed by atoms with van der Waals surface area (Å²) in [7, 11) is -3.30. The molecule has 0 radical (unpaired) electrons. The highest BCUT2D eigenvalue weighted by Crippen LogP contribution is 2.48. The number of aliphatic hydroxyl groups is 1. The predicted molar refractivity (Wildman–Crippen MR) is 123 cm³/mol. The molecule has 2 unspecified atom stereocenters. The molecule has 2 aromatic heterocycles. The van der Waals surface area contributed by atoms with Gasteiger partial charge in [0.25, 0.3) is 0 Å². The quantitative estimate of drug-likeness (QED) is 0.125. The van der Waals surface area contributed by atoms with E-state index in [4.69, 9.17) is 24.3 Å². The number of imidazole rings is 1. The van der Waals surface area contributed by atoms with Gasteiger partial charge in [0.2, 0.25) is 12.2 Å². The van der Waals surface area contributed by atoms with Crippen molar-refractivity contribution >= 4 is 25.6 Å². The Hall–Kier alpha value is -3.42. The number of halogens is 2. The predicted octanol–water partition coefficient (Wildman–Crippen LogP) is -0.361. The number of nitrogens with one attached hydrogen (secondary N) is 1. The van der Waals surface area contributed by atoms with E-state index in [0.29, 0.717) is 10.9 Å². The maximum Gasteiger partial charge on any atom is 0.434 e. The number of aromatic nitrogens is 5. The van der Waals surface area contributed by atoms with Gasteiger partial charge in [-0.3, -0.25) is 13.8 Å². The zero-order valence-electron chi connectivity index (χ0n) is 20.7. The molecule has 0 amide bonds. The molecule has 21 heteroatoms. The van der Waals surface area contributed by atoms with E-state index in [-0.39, 0.29) is 12.3 Å². The van der Waals surface area contributed by atoms with Crippen molar-refractivity contribution in [2.45, 2.75) is 50.9 Å². The summed E-state index contributed by atoms with van der Waals surface area (Å²) < 4.78 is 64.9. The summed E-state index contributed by atoms with van der Waals surface area (Å²) >= 11 is 0. The minimum Gasteiger partial charge on any atom is -0.465 e. The van der Waals surface area contributed by atoms with Gasteiger partial charge >= 0.3 is 31.3 Å². The molecule has 0 spiro atoms. The third-order valence-electron chi connectivity index (χ3n) is 5.38. The molecule has 2 aromatic rings. The molecule has 4 N–H and O–H groups in total. The number of alkyl halides is 2. The van der Waals surface area contributed by atoms with Crippen molar-refractivity contribution in [3.63, 3.8) is 0 Å². The molecule has 0 saturated carbocycles. The number of carbonyl (C=O) groups is 1. The summed E-state index contributed by atoms with van der Waals surface area (Å²) in [5.74, 6) is -5.93. The third-order valence-corrected chi connectivity index (χ3v) is 7.05. The Kier molecular flexibility index (Phi) is 9.08. The monoisotopic (exact) mass is 582 g/mol. The number of rotatable bonds is 12. The van der Waals surface area contributed by atoms with E-state index in [1.165, 1.54) is 20.9 Å². The van der Waals surface area contributed by atoms with Gasteiger partial charge in [-0.05, 0) is 18.8 Å². The zero-order chi connectivity index (χ0) is 29.1. The second-order valence-corrected chi connectivity index (χ2v) is 9.86. The van der Waals surface area contributed by atoms with Crippen LogP contribution >= 0.6 is 7.75 Å². The fourth-order valence-electron chi connectivity index (χ4n) is 3.35. The van der Waals surface area contributed by atoms with Gasteiger partial charge in [0.1, 0.15) is 37.0 Å². The van der Waals surface area contributed by atoms with Gasteiger partial charge in [-0.15, -0.1) is 0 Å². The van der Waals surface area contributed by atoms with E-state index in [9.17, 15) is 38.2 Å². The van der Waals surface area contributed by atoms with Gasteiger partial charge in [-0.1, -0.05) is 4.98 Å². The highest BCUT2D eigenvalue weighted by molar-refractivity contribution is 7.51. The molecular formula is C18H25F2N8O10P. The second-order valence-electron chi connectivity index (χ2n) is 8.09. The molecule has 39 heavy (non-hydrogen) atoms. The molecule has 0 aliphatic carbocycles. The van der Waals surface area contributed by atoms with E-state index >= 15 is 0 Å². The first-order chi connectivity index (χ1) is 18.2. The van der Waals surface area contributed by atoms with E-state index in [1.54, 1.807) is 0 Å². The normalized spacial score (nSPS) is 22.8. The smallest absolute Gasteiger partial charge is 0.434 e. The lowest BCUT2D eigenvalue weighted by molar-refractivity contribution is -0.396. The summed E-state index contributed by atoms with van der Waals surface area (Å²) in [6, 6.07) is -1.29. The van der Waals surface area contributed by atoms with Crippen molar-refractivity contribution in [2.24, 2.45) is 7.05 Å². The van der Waals surface area contributed by atoms with E-state index < -0.39 is 79.8 Å². The number of hydrogen-bond donors (Lipinski definition) is 3. The van der Waals surface area contributed by atoms with Gasteiger partial charge in [0, 0.05) is 0 Å². The minimum absolute atomic E-state index is 0.0116. The standard InChI is InChI=1S/C18H25F2N8O10P/c1-4-35-13(30)9(2)25-39(34,36-6-10-5-22-16(26(10)3)28(32)33)37-7-11-12(29)18(19,20)14(38-11)27-8-23-15(21)24-17(27)31/h5,8-9,11-12,14,29H,4,6-7H2,1-3H3,(H,25,34)(H2,21,24,31)/t9-,11+,12?,14+,39?/m0/s1. The molecular weight excluding hydrogens is 557 g/mol. The molecule has 216 valence electrons. The average molecular weight is 582 g/mol. The first-order valence-electron chi connectivity index (χ1n) is 11.1. The van der Waals surface area contributed by atoms with Crippen molar-refractivity contribution in [1.29, 1.82) is 0 Å². The summed E-state index contributed by atoms with van der Waals surface area (Å²) in [5.41, 5.74) is 4.10. The molecule has 0 bridgehead atoms. The summed E-state index contributed by atoms with van der Waals surface area (Å²) in [6.07, 6.45) is -5.05. The van der Waals surface area contributed by atoms with Gasteiger partial charge in [0.05, 0.1) is 20.3 Å². The van der Waals surface area contributed by atoms with Crippen LogP contribution in [-0.2, 0) is 41.5 Å². The summed E-state index contributed by atoms with van der Waals surface area (Å²) in [6.45, 7) is 1.19. The van der Waals surface area contributed by atoms with Gasteiger partial charge in [-0.25, -0.2) is 28.6 Å². The average Bonchev–Trinajstić information content (AvgIpc) is 3.33. The maximum absolute atomic E-state index is 14.8. The number of carbonyl (C=O) groups excluding carboxylic acids is 1. The molecule has 18 nitrogen and oxygen atoms in total. The Morgan fingerprint density at radius 2 is 2.13 bits per heavy atom. The van der Waals surface area contributed by atoms with Crippen LogP contribution in [0.3, 0.4) is 0 Å². The lowest BCUT2D eigenvalue weighted by atomic mass is 10.1. The Balaban J connectivity index is 1.80. The number of esters is 1. The van der Waals surface area contributed by atoms with Crippen molar-refractivity contribution < 1.29 is 46.7 Å². The summed E-state index contributed by atoms with van der Waals surface area (Å²) in [4.78, 5) is 44.6. The van der Waals surface area contributed by atoms with Crippen molar-refractivity contribution in [3.8, 4) is 0 Å². The van der Waals surface area contributed by atoms with Crippen molar-refractivity contribution in [2.75, 3.05) is 18.9 Å². The first kappa shape index (κ1) is 30.1.